The first-order valence-electron chi connectivity index (χ1n) is 8.68. The zero-order chi connectivity index (χ0) is 21.9. The second-order valence-electron chi connectivity index (χ2n) is 6.43. The van der Waals surface area contributed by atoms with Gasteiger partial charge in [0, 0.05) is 17.6 Å². The lowest BCUT2D eigenvalue weighted by Crippen LogP contribution is -2.35. The molecule has 0 aliphatic carbocycles. The van der Waals surface area contributed by atoms with Crippen LogP contribution in [0.2, 0.25) is 5.02 Å². The third kappa shape index (κ3) is 4.98. The highest BCUT2D eigenvalue weighted by Gasteiger charge is 2.33. The van der Waals surface area contributed by atoms with E-state index < -0.39 is 30.1 Å². The van der Waals surface area contributed by atoms with Crippen molar-refractivity contribution >= 4 is 29.1 Å². The number of alkyl halides is 3. The summed E-state index contributed by atoms with van der Waals surface area (Å²) in [6, 6.07) is 13.0. The first kappa shape index (κ1) is 21.4. The minimum absolute atomic E-state index is 0.131. The Labute approximate surface area is 174 Å². The van der Waals surface area contributed by atoms with Crippen LogP contribution in [0.4, 0.5) is 18.9 Å². The molecule has 10 heteroatoms. The molecule has 1 aromatic heterocycles. The number of halogens is 4. The third-order valence-electron chi connectivity index (χ3n) is 4.18. The van der Waals surface area contributed by atoms with Gasteiger partial charge in [0.05, 0.1) is 23.5 Å². The van der Waals surface area contributed by atoms with Crippen molar-refractivity contribution in [2.24, 2.45) is 0 Å². The van der Waals surface area contributed by atoms with E-state index in [4.69, 9.17) is 11.6 Å². The van der Waals surface area contributed by atoms with Crippen LogP contribution in [0.15, 0.2) is 54.6 Å². The van der Waals surface area contributed by atoms with Crippen LogP contribution in [0, 0.1) is 0 Å². The molecule has 0 aliphatic heterocycles. The summed E-state index contributed by atoms with van der Waals surface area (Å²) < 4.78 is 39.1. The lowest BCUT2D eigenvalue weighted by Gasteiger charge is -2.17. The maximum absolute atomic E-state index is 13.0. The highest BCUT2D eigenvalue weighted by Crippen LogP contribution is 2.34. The minimum atomic E-state index is -4.61. The number of nitrogens with zero attached hydrogens (tertiary/aromatic N) is 2. The van der Waals surface area contributed by atoms with Gasteiger partial charge in [0.1, 0.15) is 5.69 Å². The normalized spacial score (nSPS) is 11.2. The van der Waals surface area contributed by atoms with Crippen molar-refractivity contribution in [3.63, 3.8) is 0 Å². The standard InChI is InChI=1S/C20H16ClF3N4O2/c1-28(11-18(29)25-15-5-3-2-4-14(15)20(22,23)24)19(30)17-10-16(26-27-17)12-6-8-13(21)9-7-12/h2-10H,11H2,1H3,(H,25,29)(H,26,27). The molecule has 0 radical (unpaired) electrons. The average molecular weight is 437 g/mol. The highest BCUT2D eigenvalue weighted by atomic mass is 35.5. The summed E-state index contributed by atoms with van der Waals surface area (Å²) in [5, 5.41) is 9.42. The van der Waals surface area contributed by atoms with Crippen molar-refractivity contribution in [1.82, 2.24) is 15.1 Å². The van der Waals surface area contributed by atoms with E-state index >= 15 is 0 Å². The Morgan fingerprint density at radius 3 is 2.47 bits per heavy atom. The van der Waals surface area contributed by atoms with Gasteiger partial charge in [-0.05, 0) is 30.3 Å². The topological polar surface area (TPSA) is 78.1 Å². The number of H-pyrrole nitrogens is 1. The Bertz CT molecular complexity index is 1060. The van der Waals surface area contributed by atoms with Gasteiger partial charge in [-0.15, -0.1) is 0 Å². The first-order chi connectivity index (χ1) is 14.1. The number of carbonyl (C=O) groups is 2. The number of benzene rings is 2. The fourth-order valence-electron chi connectivity index (χ4n) is 2.72. The molecule has 0 atom stereocenters. The average Bonchev–Trinajstić information content (AvgIpc) is 3.17. The lowest BCUT2D eigenvalue weighted by atomic mass is 10.1. The second-order valence-corrected chi connectivity index (χ2v) is 6.86. The molecule has 0 fully saturated rings. The summed E-state index contributed by atoms with van der Waals surface area (Å²) in [6.07, 6.45) is -4.61. The van der Waals surface area contributed by atoms with Crippen molar-refractivity contribution in [3.05, 3.63) is 70.9 Å². The van der Waals surface area contributed by atoms with Crippen molar-refractivity contribution in [3.8, 4) is 11.3 Å². The fraction of sp³-hybridized carbons (Fsp3) is 0.150. The van der Waals surface area contributed by atoms with Gasteiger partial charge in [-0.3, -0.25) is 14.7 Å². The number of nitrogens with one attached hydrogen (secondary N) is 2. The van der Waals surface area contributed by atoms with Crippen LogP contribution in [0.1, 0.15) is 16.1 Å². The molecule has 2 amide bonds. The molecule has 3 rings (SSSR count). The Kier molecular flexibility index (Phi) is 6.12. The van der Waals surface area contributed by atoms with Gasteiger partial charge in [0.25, 0.3) is 5.91 Å². The first-order valence-corrected chi connectivity index (χ1v) is 9.06. The van der Waals surface area contributed by atoms with Crippen LogP contribution in [0.25, 0.3) is 11.3 Å². The number of aromatic nitrogens is 2. The Morgan fingerprint density at radius 2 is 1.80 bits per heavy atom. The number of amides is 2. The summed E-state index contributed by atoms with van der Waals surface area (Å²) in [5.41, 5.74) is 0.0349. The summed E-state index contributed by atoms with van der Waals surface area (Å²) in [6.45, 7) is -0.444. The largest absolute Gasteiger partial charge is 0.418 e. The number of anilines is 1. The lowest BCUT2D eigenvalue weighted by molar-refractivity contribution is -0.137. The van der Waals surface area contributed by atoms with Gasteiger partial charge in [-0.2, -0.15) is 18.3 Å². The molecule has 6 nitrogen and oxygen atoms in total. The molecule has 0 aliphatic rings. The Hall–Kier alpha value is -3.33. The summed E-state index contributed by atoms with van der Waals surface area (Å²) in [7, 11) is 1.36. The van der Waals surface area contributed by atoms with Gasteiger partial charge < -0.3 is 10.2 Å². The molecular weight excluding hydrogens is 421 g/mol. The number of rotatable bonds is 5. The number of carbonyl (C=O) groups excluding carboxylic acids is 2. The summed E-state index contributed by atoms with van der Waals surface area (Å²) in [5.74, 6) is -1.30. The van der Waals surface area contributed by atoms with E-state index in [1.165, 1.54) is 25.2 Å². The van der Waals surface area contributed by atoms with E-state index in [0.29, 0.717) is 10.7 Å². The van der Waals surface area contributed by atoms with Crippen molar-refractivity contribution in [2.75, 3.05) is 18.9 Å². The Morgan fingerprint density at radius 1 is 1.13 bits per heavy atom. The van der Waals surface area contributed by atoms with Crippen LogP contribution in [-0.2, 0) is 11.0 Å². The second kappa shape index (κ2) is 8.58. The van der Waals surface area contributed by atoms with E-state index in [0.717, 1.165) is 22.6 Å². The summed E-state index contributed by atoms with van der Waals surface area (Å²) in [4.78, 5) is 25.8. The highest BCUT2D eigenvalue weighted by molar-refractivity contribution is 6.30. The minimum Gasteiger partial charge on any atom is -0.331 e. The zero-order valence-electron chi connectivity index (χ0n) is 15.6. The zero-order valence-corrected chi connectivity index (χ0v) is 16.4. The van der Waals surface area contributed by atoms with Gasteiger partial charge in [0.2, 0.25) is 5.91 Å². The summed E-state index contributed by atoms with van der Waals surface area (Å²) >= 11 is 5.85. The van der Waals surface area contributed by atoms with Gasteiger partial charge in [0.15, 0.2) is 0 Å². The SMILES string of the molecule is CN(CC(=O)Nc1ccccc1C(F)(F)F)C(=O)c1cc(-c2ccc(Cl)cc2)n[nH]1. The van der Waals surface area contributed by atoms with Gasteiger partial charge >= 0.3 is 6.18 Å². The van der Waals surface area contributed by atoms with E-state index in [9.17, 15) is 22.8 Å². The molecule has 156 valence electrons. The number of hydrogen-bond acceptors (Lipinski definition) is 3. The molecule has 2 aromatic carbocycles. The van der Waals surface area contributed by atoms with Crippen LogP contribution >= 0.6 is 11.6 Å². The molecule has 3 aromatic rings. The Balaban J connectivity index is 1.66. The van der Waals surface area contributed by atoms with E-state index in [1.54, 1.807) is 24.3 Å². The number of para-hydroxylation sites is 1. The maximum Gasteiger partial charge on any atom is 0.418 e. The molecule has 2 N–H and O–H groups in total. The predicted molar refractivity (Wildman–Crippen MR) is 106 cm³/mol. The molecule has 1 heterocycles. The number of hydrogen-bond donors (Lipinski definition) is 2. The smallest absolute Gasteiger partial charge is 0.331 e. The molecule has 30 heavy (non-hydrogen) atoms. The van der Waals surface area contributed by atoms with E-state index in [-0.39, 0.29) is 11.4 Å². The van der Waals surface area contributed by atoms with Gasteiger partial charge in [-0.1, -0.05) is 35.9 Å². The molecule has 0 saturated heterocycles. The van der Waals surface area contributed by atoms with Crippen LogP contribution in [0.3, 0.4) is 0 Å². The van der Waals surface area contributed by atoms with E-state index in [2.05, 4.69) is 15.5 Å². The van der Waals surface area contributed by atoms with Crippen molar-refractivity contribution in [2.45, 2.75) is 6.18 Å². The van der Waals surface area contributed by atoms with Crippen molar-refractivity contribution < 1.29 is 22.8 Å². The van der Waals surface area contributed by atoms with E-state index in [1.807, 2.05) is 0 Å². The van der Waals surface area contributed by atoms with Crippen molar-refractivity contribution in [1.29, 1.82) is 0 Å². The molecule has 0 saturated carbocycles. The quantitative estimate of drug-likeness (QED) is 0.620. The predicted octanol–water partition coefficient (Wildman–Crippen LogP) is 4.46. The third-order valence-corrected chi connectivity index (χ3v) is 4.43. The van der Waals surface area contributed by atoms with Crippen LogP contribution in [-0.4, -0.2) is 40.5 Å². The van der Waals surface area contributed by atoms with Gasteiger partial charge in [-0.25, -0.2) is 0 Å². The van der Waals surface area contributed by atoms with Crippen LogP contribution < -0.4 is 5.32 Å². The maximum atomic E-state index is 13.0. The number of aromatic amines is 1. The molecular formula is C20H16ClF3N4O2. The van der Waals surface area contributed by atoms with Crippen LogP contribution in [0.5, 0.6) is 0 Å². The molecule has 0 bridgehead atoms. The monoisotopic (exact) mass is 436 g/mol. The molecule has 0 unspecified atom stereocenters. The number of likely N-dealkylation sites (N-methyl/N-ethyl adjacent to an activating group) is 1. The molecule has 0 spiro atoms. The fourth-order valence-corrected chi connectivity index (χ4v) is 2.85.